The van der Waals surface area contributed by atoms with Crippen LogP contribution in [0.1, 0.15) is 59.9 Å². The minimum atomic E-state index is -0.168. The Morgan fingerprint density at radius 2 is 1.48 bits per heavy atom. The number of carbonyl (C=O) groups excluding carboxylic acids is 2. The molecule has 0 fully saturated rings. The Balaban J connectivity index is 1.70. The third-order valence-corrected chi connectivity index (χ3v) is 9.77. The summed E-state index contributed by atoms with van der Waals surface area (Å²) in [5.74, 6) is 0.458. The molecule has 0 radical (unpaired) electrons. The van der Waals surface area contributed by atoms with Crippen molar-refractivity contribution in [3.05, 3.63) is 76.3 Å². The molecule has 1 unspecified atom stereocenters. The van der Waals surface area contributed by atoms with E-state index < -0.39 is 0 Å². The van der Waals surface area contributed by atoms with Gasteiger partial charge in [0.05, 0.1) is 20.1 Å². The van der Waals surface area contributed by atoms with Gasteiger partial charge in [-0.2, -0.15) is 0 Å². The molecule has 2 N–H and O–H groups in total. The summed E-state index contributed by atoms with van der Waals surface area (Å²) in [6.07, 6.45) is 3.78. The Bertz CT molecular complexity index is 1790. The molecular formula is C33H35Cl4N2O4P. The molecule has 0 spiro atoms. The number of hydrogen-bond donors (Lipinski definition) is 2. The van der Waals surface area contributed by atoms with Gasteiger partial charge >= 0.3 is 0 Å². The fourth-order valence-electron chi connectivity index (χ4n) is 5.61. The largest absolute Gasteiger partial charge is 0.455 e. The number of rotatable bonds is 11. The molecule has 2 aromatic carbocycles. The topological polar surface area (TPSA) is 88.4 Å². The number of carbonyl (C=O) groups is 2. The van der Waals surface area contributed by atoms with E-state index in [0.717, 1.165) is 46.0 Å². The molecule has 44 heavy (non-hydrogen) atoms. The standard InChI is InChI=1S/C33H35Cl4N2O4P/c1-16-13-18(3)31-21(14-16)24(22-15-17(2)30(41)19(4)32(22)43-31)25-20(26(34)28(36)29(37)27(25)35)9-6-5-7-10-23(40)38-11-8-12-39-33(42)44/h13-15H,5-12,44H2,1-4H3,(H,38,40)(H,39,42). The Kier molecular flexibility index (Phi) is 11.6. The first-order chi connectivity index (χ1) is 20.8. The van der Waals surface area contributed by atoms with E-state index in [0.29, 0.717) is 71.8 Å². The van der Waals surface area contributed by atoms with E-state index in [-0.39, 0.29) is 32.1 Å². The third kappa shape index (κ3) is 7.37. The Morgan fingerprint density at radius 3 is 2.18 bits per heavy atom. The number of halogens is 4. The van der Waals surface area contributed by atoms with Crippen LogP contribution in [0.2, 0.25) is 20.1 Å². The molecule has 0 bridgehead atoms. The van der Waals surface area contributed by atoms with Gasteiger partial charge in [-0.25, -0.2) is 0 Å². The SMILES string of the molecule is Cc1cc(C)c2oc3c(C)c(=O)c(C)cc-3c(-c3c(Cl)c(Cl)c(Cl)c(Cl)c3CCCCCC(=O)NCCCNC(=O)P)c2c1. The maximum absolute atomic E-state index is 13.0. The second-order valence-electron chi connectivity index (χ2n) is 11.1. The lowest BCUT2D eigenvalue weighted by atomic mass is 9.86. The number of aryl methyl sites for hydroxylation is 3. The number of amides is 2. The number of nitrogens with one attached hydrogen (secondary N) is 2. The molecule has 0 saturated heterocycles. The zero-order valence-electron chi connectivity index (χ0n) is 25.1. The highest BCUT2D eigenvalue weighted by Crippen LogP contribution is 2.51. The van der Waals surface area contributed by atoms with Crippen LogP contribution >= 0.6 is 55.6 Å². The first kappa shape index (κ1) is 34.5. The van der Waals surface area contributed by atoms with Gasteiger partial charge in [0.25, 0.3) is 0 Å². The predicted molar refractivity (Wildman–Crippen MR) is 186 cm³/mol. The monoisotopic (exact) mass is 694 g/mol. The summed E-state index contributed by atoms with van der Waals surface area (Å²) in [6.45, 7) is 8.55. The second kappa shape index (κ2) is 14.8. The highest BCUT2D eigenvalue weighted by Gasteiger charge is 2.28. The molecular weight excluding hydrogens is 661 g/mol. The molecule has 2 aromatic rings. The van der Waals surface area contributed by atoms with Crippen molar-refractivity contribution >= 4 is 78.2 Å². The van der Waals surface area contributed by atoms with Crippen molar-refractivity contribution in [2.45, 2.75) is 66.2 Å². The van der Waals surface area contributed by atoms with E-state index in [2.05, 4.69) is 19.9 Å². The highest BCUT2D eigenvalue weighted by atomic mass is 35.5. The fraction of sp³-hybridized carbons (Fsp3) is 0.364. The van der Waals surface area contributed by atoms with Crippen LogP contribution < -0.4 is 16.1 Å². The van der Waals surface area contributed by atoms with Crippen LogP contribution in [-0.4, -0.2) is 24.6 Å². The summed E-state index contributed by atoms with van der Waals surface area (Å²) in [5.41, 5.74) is 6.41. The molecule has 4 rings (SSSR count). The first-order valence-electron chi connectivity index (χ1n) is 14.5. The van der Waals surface area contributed by atoms with E-state index in [9.17, 15) is 14.4 Å². The number of benzene rings is 3. The summed E-state index contributed by atoms with van der Waals surface area (Å²) in [7, 11) is 2.06. The number of unbranched alkanes of at least 4 members (excludes halogenated alkanes) is 2. The van der Waals surface area contributed by atoms with Gasteiger partial charge < -0.3 is 15.1 Å². The van der Waals surface area contributed by atoms with Gasteiger partial charge in [0.2, 0.25) is 11.6 Å². The van der Waals surface area contributed by atoms with E-state index in [1.54, 1.807) is 13.8 Å². The van der Waals surface area contributed by atoms with Gasteiger partial charge in [0.15, 0.2) is 5.43 Å². The molecule has 2 amide bonds. The Morgan fingerprint density at radius 1 is 0.795 bits per heavy atom. The molecule has 1 aliphatic carbocycles. The quantitative estimate of drug-likeness (QED) is 0.0538. The van der Waals surface area contributed by atoms with Crippen molar-refractivity contribution in [3.63, 3.8) is 0 Å². The van der Waals surface area contributed by atoms with E-state index in [1.165, 1.54) is 0 Å². The molecule has 1 aliphatic heterocycles. The highest BCUT2D eigenvalue weighted by molar-refractivity contribution is 7.39. The molecule has 11 heteroatoms. The van der Waals surface area contributed by atoms with Crippen LogP contribution in [0.5, 0.6) is 0 Å². The van der Waals surface area contributed by atoms with Crippen molar-refractivity contribution in [1.82, 2.24) is 10.6 Å². The van der Waals surface area contributed by atoms with Crippen molar-refractivity contribution < 1.29 is 14.0 Å². The second-order valence-corrected chi connectivity index (χ2v) is 13.2. The Labute approximate surface area is 279 Å². The predicted octanol–water partition coefficient (Wildman–Crippen LogP) is 9.61. The van der Waals surface area contributed by atoms with Gasteiger partial charge in [-0.15, -0.1) is 0 Å². The lowest BCUT2D eigenvalue weighted by Gasteiger charge is -2.23. The lowest BCUT2D eigenvalue weighted by Crippen LogP contribution is -2.27. The van der Waals surface area contributed by atoms with E-state index >= 15 is 0 Å². The molecule has 0 aromatic heterocycles. The van der Waals surface area contributed by atoms with Gasteiger partial charge in [-0.1, -0.05) is 58.9 Å². The molecule has 0 saturated carbocycles. The van der Waals surface area contributed by atoms with Crippen LogP contribution in [0.25, 0.3) is 33.4 Å². The summed E-state index contributed by atoms with van der Waals surface area (Å²) in [5, 5.41) is 7.34. The number of hydrogen-bond acceptors (Lipinski definition) is 4. The normalized spacial score (nSPS) is 11.4. The zero-order valence-corrected chi connectivity index (χ0v) is 29.3. The average molecular weight is 696 g/mol. The lowest BCUT2D eigenvalue weighted by molar-refractivity contribution is -0.121. The van der Waals surface area contributed by atoms with Crippen molar-refractivity contribution in [2.75, 3.05) is 13.1 Å². The minimum Gasteiger partial charge on any atom is -0.455 e. The van der Waals surface area contributed by atoms with Crippen molar-refractivity contribution in [1.29, 1.82) is 0 Å². The summed E-state index contributed by atoms with van der Waals surface area (Å²) < 4.78 is 6.42. The van der Waals surface area contributed by atoms with Crippen LogP contribution in [0, 0.1) is 27.7 Å². The maximum atomic E-state index is 13.0. The molecule has 2 aliphatic rings. The van der Waals surface area contributed by atoms with Crippen LogP contribution in [0.4, 0.5) is 4.79 Å². The van der Waals surface area contributed by atoms with Crippen LogP contribution in [0.15, 0.2) is 27.4 Å². The van der Waals surface area contributed by atoms with Crippen molar-refractivity contribution in [2.24, 2.45) is 0 Å². The third-order valence-electron chi connectivity index (χ3n) is 7.73. The van der Waals surface area contributed by atoms with Gasteiger partial charge in [-0.3, -0.25) is 14.4 Å². The smallest absolute Gasteiger partial charge is 0.234 e. The first-order valence-corrected chi connectivity index (χ1v) is 16.6. The Hall–Kier alpha value is -2.34. The van der Waals surface area contributed by atoms with Gasteiger partial charge in [0, 0.05) is 47.2 Å². The molecule has 1 heterocycles. The summed E-state index contributed by atoms with van der Waals surface area (Å²) in [6, 6.07) is 5.91. The van der Waals surface area contributed by atoms with Crippen LogP contribution in [-0.2, 0) is 11.2 Å². The van der Waals surface area contributed by atoms with Crippen molar-refractivity contribution in [3.8, 4) is 22.5 Å². The summed E-state index contributed by atoms with van der Waals surface area (Å²) in [4.78, 5) is 36.2. The van der Waals surface area contributed by atoms with Gasteiger partial charge in [0.1, 0.15) is 11.3 Å². The maximum Gasteiger partial charge on any atom is 0.234 e. The molecule has 234 valence electrons. The average Bonchev–Trinajstić information content (AvgIpc) is 2.96. The van der Waals surface area contributed by atoms with E-state index in [4.69, 9.17) is 50.8 Å². The molecule has 6 nitrogen and oxygen atoms in total. The fourth-order valence-corrected chi connectivity index (χ4v) is 6.84. The zero-order chi connectivity index (χ0) is 32.3. The van der Waals surface area contributed by atoms with E-state index in [1.807, 2.05) is 32.0 Å². The van der Waals surface area contributed by atoms with Crippen LogP contribution in [0.3, 0.4) is 0 Å². The van der Waals surface area contributed by atoms with Gasteiger partial charge in [-0.05, 0) is 97.0 Å². The minimum absolute atomic E-state index is 0.0290. The summed E-state index contributed by atoms with van der Waals surface area (Å²) >= 11 is 27.2. The molecule has 1 atom stereocenters. The number of fused-ring (bicyclic) bond motifs is 2.